The number of halogens is 3. The molecule has 0 fully saturated rings. The van der Waals surface area contributed by atoms with Gasteiger partial charge in [-0.1, -0.05) is 29.8 Å². The number of nitrogens with one attached hydrogen (secondary N) is 1. The number of carbonyl (C=O) groups is 1. The minimum atomic E-state index is -4.56. The topological polar surface area (TPSA) is 81.5 Å². The Kier molecular flexibility index (Phi) is 5.81. The zero-order valence-electron chi connectivity index (χ0n) is 13.7. The molecule has 0 aliphatic carbocycles. The monoisotopic (exact) mass is 368 g/mol. The van der Waals surface area contributed by atoms with Crippen LogP contribution in [-0.2, 0) is 6.54 Å². The molecule has 2 aromatic rings. The third-order valence-corrected chi connectivity index (χ3v) is 3.35. The van der Waals surface area contributed by atoms with Crippen LogP contribution in [0.5, 0.6) is 5.75 Å². The highest BCUT2D eigenvalue weighted by atomic mass is 19.4. The number of hydrogen-bond acceptors (Lipinski definition) is 4. The molecule has 0 heterocycles. The number of alkyl halides is 3. The van der Waals surface area contributed by atoms with Gasteiger partial charge in [-0.15, -0.1) is 0 Å². The number of amides is 1. The summed E-state index contributed by atoms with van der Waals surface area (Å²) >= 11 is 0. The van der Waals surface area contributed by atoms with E-state index in [1.165, 1.54) is 0 Å². The van der Waals surface area contributed by atoms with E-state index < -0.39 is 29.3 Å². The molecule has 0 radical (unpaired) electrons. The Morgan fingerprint density at radius 1 is 1.23 bits per heavy atom. The van der Waals surface area contributed by atoms with E-state index in [2.05, 4.69) is 10.1 Å². The highest BCUT2D eigenvalue weighted by molar-refractivity contribution is 5.98. The molecule has 0 saturated heterocycles. The third kappa shape index (κ3) is 5.47. The van der Waals surface area contributed by atoms with Crippen LogP contribution in [-0.4, -0.2) is 23.6 Å². The highest BCUT2D eigenvalue weighted by Crippen LogP contribution is 2.26. The van der Waals surface area contributed by atoms with Crippen LogP contribution >= 0.6 is 0 Å². The summed E-state index contributed by atoms with van der Waals surface area (Å²) in [6, 6.07) is 10.1. The molecule has 1 amide bonds. The molecule has 0 saturated carbocycles. The first-order chi connectivity index (χ1) is 12.2. The maximum Gasteiger partial charge on any atom is 0.422 e. The molecule has 9 heteroatoms. The van der Waals surface area contributed by atoms with Gasteiger partial charge in [-0.05, 0) is 24.6 Å². The molecule has 0 atom stereocenters. The summed E-state index contributed by atoms with van der Waals surface area (Å²) in [5.74, 6) is -1.07. The first-order valence-electron chi connectivity index (χ1n) is 7.47. The molecule has 138 valence electrons. The minimum Gasteiger partial charge on any atom is -0.484 e. The molecule has 2 rings (SSSR count). The summed E-state index contributed by atoms with van der Waals surface area (Å²) < 4.78 is 41.3. The number of nitro groups is 1. The lowest BCUT2D eigenvalue weighted by Crippen LogP contribution is -2.24. The molecule has 0 aliphatic rings. The second kappa shape index (κ2) is 7.85. The van der Waals surface area contributed by atoms with E-state index in [0.717, 1.165) is 29.3 Å². The van der Waals surface area contributed by atoms with Gasteiger partial charge in [0, 0.05) is 12.6 Å². The fourth-order valence-electron chi connectivity index (χ4n) is 2.21. The fraction of sp³-hybridized carbons (Fsp3) is 0.235. The van der Waals surface area contributed by atoms with Crippen LogP contribution in [0.3, 0.4) is 0 Å². The lowest BCUT2D eigenvalue weighted by atomic mass is 10.1. The number of ether oxygens (including phenoxy) is 1. The van der Waals surface area contributed by atoms with E-state index in [9.17, 15) is 28.1 Å². The number of aryl methyl sites for hydroxylation is 1. The minimum absolute atomic E-state index is 0.116. The number of carbonyl (C=O) groups excluding carboxylic acids is 1. The van der Waals surface area contributed by atoms with Crippen molar-refractivity contribution in [2.24, 2.45) is 0 Å². The molecule has 1 N–H and O–H groups in total. The average Bonchev–Trinajstić information content (AvgIpc) is 2.57. The van der Waals surface area contributed by atoms with Crippen LogP contribution in [0, 0.1) is 17.0 Å². The van der Waals surface area contributed by atoms with Crippen LogP contribution in [0.4, 0.5) is 18.9 Å². The van der Waals surface area contributed by atoms with Crippen molar-refractivity contribution in [1.29, 1.82) is 0 Å². The number of hydrogen-bond donors (Lipinski definition) is 1. The van der Waals surface area contributed by atoms with Crippen LogP contribution in [0.1, 0.15) is 21.5 Å². The largest absolute Gasteiger partial charge is 0.484 e. The SMILES string of the molecule is Cc1cccc(CNC(=O)c2cc(OCC(F)(F)F)ccc2[N+](=O)[O-])c1. The van der Waals surface area contributed by atoms with E-state index in [1.54, 1.807) is 12.1 Å². The van der Waals surface area contributed by atoms with Crippen molar-refractivity contribution in [2.75, 3.05) is 6.61 Å². The van der Waals surface area contributed by atoms with Gasteiger partial charge in [0.1, 0.15) is 11.3 Å². The highest BCUT2D eigenvalue weighted by Gasteiger charge is 2.29. The lowest BCUT2D eigenvalue weighted by molar-refractivity contribution is -0.385. The Bertz CT molecular complexity index is 822. The normalized spacial score (nSPS) is 11.1. The molecule has 2 aromatic carbocycles. The summed E-state index contributed by atoms with van der Waals surface area (Å²) in [6.45, 7) is 0.429. The van der Waals surface area contributed by atoms with E-state index in [4.69, 9.17) is 0 Å². The predicted octanol–water partition coefficient (Wildman–Crippen LogP) is 3.77. The van der Waals surface area contributed by atoms with E-state index in [0.29, 0.717) is 0 Å². The lowest BCUT2D eigenvalue weighted by Gasteiger charge is -2.11. The zero-order valence-corrected chi connectivity index (χ0v) is 13.7. The Morgan fingerprint density at radius 3 is 2.58 bits per heavy atom. The van der Waals surface area contributed by atoms with E-state index in [1.807, 2.05) is 19.1 Å². The van der Waals surface area contributed by atoms with Gasteiger partial charge in [-0.25, -0.2) is 0 Å². The maximum absolute atomic E-state index is 12.3. The number of benzene rings is 2. The Hall–Kier alpha value is -3.10. The second-order valence-corrected chi connectivity index (χ2v) is 5.51. The molecule has 26 heavy (non-hydrogen) atoms. The maximum atomic E-state index is 12.3. The molecule has 0 unspecified atom stereocenters. The summed E-state index contributed by atoms with van der Waals surface area (Å²) in [5, 5.41) is 13.6. The summed E-state index contributed by atoms with van der Waals surface area (Å²) in [4.78, 5) is 22.6. The summed E-state index contributed by atoms with van der Waals surface area (Å²) in [5.41, 5.74) is 0.865. The molecular formula is C17H15F3N2O4. The van der Waals surface area contributed by atoms with E-state index in [-0.39, 0.29) is 17.9 Å². The van der Waals surface area contributed by atoms with Crippen LogP contribution in [0.25, 0.3) is 0 Å². The van der Waals surface area contributed by atoms with Crippen molar-refractivity contribution in [1.82, 2.24) is 5.32 Å². The van der Waals surface area contributed by atoms with Gasteiger partial charge in [-0.3, -0.25) is 14.9 Å². The number of rotatable bonds is 6. The van der Waals surface area contributed by atoms with Gasteiger partial charge in [0.25, 0.3) is 11.6 Å². The van der Waals surface area contributed by atoms with Crippen LogP contribution in [0.2, 0.25) is 0 Å². The van der Waals surface area contributed by atoms with Gasteiger partial charge in [-0.2, -0.15) is 13.2 Å². The van der Waals surface area contributed by atoms with E-state index >= 15 is 0 Å². The van der Waals surface area contributed by atoms with Crippen molar-refractivity contribution in [3.8, 4) is 5.75 Å². The Morgan fingerprint density at radius 2 is 1.96 bits per heavy atom. The number of nitro benzene ring substituents is 1. The molecule has 6 nitrogen and oxygen atoms in total. The molecule has 0 spiro atoms. The molecule has 0 bridgehead atoms. The Labute approximate surface area is 146 Å². The molecule has 0 aliphatic heterocycles. The van der Waals surface area contributed by atoms with Crippen LogP contribution in [0.15, 0.2) is 42.5 Å². The Balaban J connectivity index is 2.18. The van der Waals surface area contributed by atoms with Crippen molar-refractivity contribution >= 4 is 11.6 Å². The molecular weight excluding hydrogens is 353 g/mol. The van der Waals surface area contributed by atoms with Gasteiger partial charge in [0.15, 0.2) is 6.61 Å². The van der Waals surface area contributed by atoms with Crippen molar-refractivity contribution in [3.05, 3.63) is 69.3 Å². The second-order valence-electron chi connectivity index (χ2n) is 5.51. The smallest absolute Gasteiger partial charge is 0.422 e. The third-order valence-electron chi connectivity index (χ3n) is 3.35. The predicted molar refractivity (Wildman–Crippen MR) is 87.0 cm³/mol. The summed E-state index contributed by atoms with van der Waals surface area (Å²) in [6.07, 6.45) is -4.56. The van der Waals surface area contributed by atoms with Gasteiger partial charge >= 0.3 is 6.18 Å². The van der Waals surface area contributed by atoms with Crippen molar-refractivity contribution in [2.45, 2.75) is 19.6 Å². The van der Waals surface area contributed by atoms with Gasteiger partial charge < -0.3 is 10.1 Å². The van der Waals surface area contributed by atoms with Gasteiger partial charge in [0.05, 0.1) is 4.92 Å². The molecule has 0 aromatic heterocycles. The standard InChI is InChI=1S/C17H15F3N2O4/c1-11-3-2-4-12(7-11)9-21-16(23)14-8-13(26-10-17(18,19)20)5-6-15(14)22(24)25/h2-8H,9-10H2,1H3,(H,21,23). The van der Waals surface area contributed by atoms with Gasteiger partial charge in [0.2, 0.25) is 0 Å². The first-order valence-corrected chi connectivity index (χ1v) is 7.47. The van der Waals surface area contributed by atoms with Crippen molar-refractivity contribution in [3.63, 3.8) is 0 Å². The average molecular weight is 368 g/mol. The summed E-state index contributed by atoms with van der Waals surface area (Å²) in [7, 11) is 0. The number of nitrogens with zero attached hydrogens (tertiary/aromatic N) is 1. The van der Waals surface area contributed by atoms with Crippen molar-refractivity contribution < 1.29 is 27.6 Å². The first kappa shape index (κ1) is 19.2. The quantitative estimate of drug-likeness (QED) is 0.622. The fourth-order valence-corrected chi connectivity index (χ4v) is 2.21. The zero-order chi connectivity index (χ0) is 19.3. The van der Waals surface area contributed by atoms with Crippen LogP contribution < -0.4 is 10.1 Å².